The first-order chi connectivity index (χ1) is 20.1. The molecule has 0 aliphatic carbocycles. The van der Waals surface area contributed by atoms with Crippen LogP contribution in [0.25, 0.3) is 11.3 Å². The van der Waals surface area contributed by atoms with Crippen molar-refractivity contribution in [1.29, 1.82) is 0 Å². The largest absolute Gasteiger partial charge is 0.488 e. The number of carbonyl (C=O) groups excluding carboxylic acids is 1. The van der Waals surface area contributed by atoms with Gasteiger partial charge in [0, 0.05) is 23.3 Å². The predicted molar refractivity (Wildman–Crippen MR) is 160 cm³/mol. The van der Waals surface area contributed by atoms with Gasteiger partial charge in [-0.05, 0) is 35.4 Å². The number of anilines is 1. The SMILES string of the molecule is CC(=O)N1c2ccccc2-c2nnc(SCc3ccccc3Cl)nc2O[C@H]1c1ccccc1OCc1ccccc1. The van der Waals surface area contributed by atoms with E-state index in [1.54, 1.807) is 4.90 Å². The van der Waals surface area contributed by atoms with Crippen LogP contribution >= 0.6 is 23.4 Å². The molecule has 7 nitrogen and oxygen atoms in total. The summed E-state index contributed by atoms with van der Waals surface area (Å²) in [7, 11) is 0. The number of benzene rings is 4. The Morgan fingerprint density at radius 3 is 2.49 bits per heavy atom. The lowest BCUT2D eigenvalue weighted by molar-refractivity contribution is -0.118. The zero-order chi connectivity index (χ0) is 28.2. The highest BCUT2D eigenvalue weighted by atomic mass is 35.5. The first-order valence-electron chi connectivity index (χ1n) is 13.0. The molecule has 0 bridgehead atoms. The smallest absolute Gasteiger partial charge is 0.247 e. The highest BCUT2D eigenvalue weighted by Gasteiger charge is 2.36. The standard InChI is InChI=1S/C32H25ClN4O3S/c1-21(38)37-27-17-9-6-14-24(27)29-30(34-32(36-35-29)41-20-23-13-5-8-16-26(23)33)40-31(37)25-15-7-10-18-28(25)39-19-22-11-3-2-4-12-22/h2-18,31H,19-20H2,1H3/t31-/m0/s1. The Kier molecular flexibility index (Phi) is 7.84. The minimum absolute atomic E-state index is 0.200. The van der Waals surface area contributed by atoms with E-state index in [1.165, 1.54) is 18.7 Å². The Morgan fingerprint density at radius 2 is 1.66 bits per heavy atom. The van der Waals surface area contributed by atoms with Crippen molar-refractivity contribution in [2.24, 2.45) is 0 Å². The van der Waals surface area contributed by atoms with Crippen LogP contribution in [0.1, 0.15) is 29.8 Å². The van der Waals surface area contributed by atoms with Gasteiger partial charge in [-0.3, -0.25) is 9.69 Å². The minimum Gasteiger partial charge on any atom is -0.488 e. The van der Waals surface area contributed by atoms with E-state index in [0.29, 0.717) is 50.8 Å². The Balaban J connectivity index is 1.40. The summed E-state index contributed by atoms with van der Waals surface area (Å²) >= 11 is 7.76. The monoisotopic (exact) mass is 580 g/mol. The molecule has 0 spiro atoms. The summed E-state index contributed by atoms with van der Waals surface area (Å²) in [5.74, 6) is 1.24. The first kappa shape index (κ1) is 26.8. The van der Waals surface area contributed by atoms with Gasteiger partial charge >= 0.3 is 0 Å². The van der Waals surface area contributed by atoms with Crippen LogP contribution in [-0.4, -0.2) is 21.1 Å². The van der Waals surface area contributed by atoms with Gasteiger partial charge in [0.25, 0.3) is 0 Å². The molecule has 1 amide bonds. The van der Waals surface area contributed by atoms with Crippen molar-refractivity contribution in [1.82, 2.24) is 15.2 Å². The fourth-order valence-corrected chi connectivity index (χ4v) is 5.69. The molecule has 204 valence electrons. The van der Waals surface area contributed by atoms with Crippen LogP contribution in [0.2, 0.25) is 5.02 Å². The van der Waals surface area contributed by atoms with Crippen molar-refractivity contribution < 1.29 is 14.3 Å². The molecule has 6 rings (SSSR count). The van der Waals surface area contributed by atoms with Crippen LogP contribution in [0.15, 0.2) is 108 Å². The number of ether oxygens (including phenoxy) is 2. The molecule has 1 aromatic heterocycles. The van der Waals surface area contributed by atoms with Gasteiger partial charge in [0.15, 0.2) is 5.69 Å². The third-order valence-corrected chi connectivity index (χ3v) is 7.84. The minimum atomic E-state index is -0.861. The third-order valence-electron chi connectivity index (χ3n) is 6.59. The van der Waals surface area contributed by atoms with Gasteiger partial charge in [0.2, 0.25) is 23.2 Å². The first-order valence-corrected chi connectivity index (χ1v) is 14.4. The molecule has 0 N–H and O–H groups in total. The number of thioether (sulfide) groups is 1. The normalized spacial score (nSPS) is 13.9. The van der Waals surface area contributed by atoms with E-state index in [9.17, 15) is 4.79 Å². The molecule has 0 unspecified atom stereocenters. The van der Waals surface area contributed by atoms with E-state index in [2.05, 4.69) is 10.2 Å². The number of fused-ring (bicyclic) bond motifs is 3. The number of para-hydroxylation sites is 2. The van der Waals surface area contributed by atoms with Crippen molar-refractivity contribution in [2.45, 2.75) is 30.7 Å². The molecule has 41 heavy (non-hydrogen) atoms. The molecular formula is C32H25ClN4O3S. The van der Waals surface area contributed by atoms with Crippen LogP contribution in [0.5, 0.6) is 11.6 Å². The fourth-order valence-electron chi connectivity index (χ4n) is 4.63. The lowest BCUT2D eigenvalue weighted by Crippen LogP contribution is -2.36. The number of halogens is 1. The topological polar surface area (TPSA) is 77.4 Å². The second-order valence-corrected chi connectivity index (χ2v) is 10.7. The molecule has 0 fully saturated rings. The number of rotatable bonds is 7. The second-order valence-electron chi connectivity index (χ2n) is 9.32. The molecule has 0 saturated carbocycles. The van der Waals surface area contributed by atoms with Gasteiger partial charge < -0.3 is 9.47 Å². The van der Waals surface area contributed by atoms with Crippen LogP contribution in [0.3, 0.4) is 0 Å². The van der Waals surface area contributed by atoms with E-state index in [1.807, 2.05) is 103 Å². The number of amides is 1. The molecule has 9 heteroatoms. The molecule has 1 aliphatic heterocycles. The van der Waals surface area contributed by atoms with Crippen LogP contribution < -0.4 is 14.4 Å². The van der Waals surface area contributed by atoms with Gasteiger partial charge in [-0.1, -0.05) is 102 Å². The number of nitrogens with zero attached hydrogens (tertiary/aromatic N) is 4. The average molecular weight is 581 g/mol. The molecule has 2 heterocycles. The van der Waals surface area contributed by atoms with Gasteiger partial charge in [-0.25, -0.2) is 0 Å². The summed E-state index contributed by atoms with van der Waals surface area (Å²) < 4.78 is 12.8. The summed E-state index contributed by atoms with van der Waals surface area (Å²) in [5.41, 5.74) is 4.48. The lowest BCUT2D eigenvalue weighted by Gasteiger charge is -2.30. The van der Waals surface area contributed by atoms with Gasteiger partial charge in [-0.2, -0.15) is 4.98 Å². The maximum absolute atomic E-state index is 13.2. The Morgan fingerprint density at radius 1 is 0.927 bits per heavy atom. The number of carbonyl (C=O) groups is 1. The predicted octanol–water partition coefficient (Wildman–Crippen LogP) is 7.51. The number of hydrogen-bond donors (Lipinski definition) is 0. The van der Waals surface area contributed by atoms with Crippen LogP contribution in [-0.2, 0) is 17.2 Å². The fraction of sp³-hybridized carbons (Fsp3) is 0.125. The van der Waals surface area contributed by atoms with Gasteiger partial charge in [0.05, 0.1) is 11.3 Å². The molecular weight excluding hydrogens is 556 g/mol. The maximum atomic E-state index is 13.2. The summed E-state index contributed by atoms with van der Waals surface area (Å²) in [6.45, 7) is 1.88. The van der Waals surface area contributed by atoms with Crippen molar-refractivity contribution in [3.05, 3.63) is 125 Å². The van der Waals surface area contributed by atoms with E-state index in [0.717, 1.165) is 11.1 Å². The molecule has 1 atom stereocenters. The van der Waals surface area contributed by atoms with E-state index >= 15 is 0 Å². The highest BCUT2D eigenvalue weighted by molar-refractivity contribution is 7.98. The summed E-state index contributed by atoms with van der Waals surface area (Å²) in [4.78, 5) is 19.6. The Bertz CT molecular complexity index is 1700. The summed E-state index contributed by atoms with van der Waals surface area (Å²) in [5, 5.41) is 10.0. The van der Waals surface area contributed by atoms with Crippen molar-refractivity contribution in [2.75, 3.05) is 4.90 Å². The third kappa shape index (κ3) is 5.75. The average Bonchev–Trinajstić information content (AvgIpc) is 3.15. The van der Waals surface area contributed by atoms with Crippen molar-refractivity contribution >= 4 is 35.0 Å². The molecule has 0 radical (unpaired) electrons. The Hall–Kier alpha value is -4.40. The van der Waals surface area contributed by atoms with Crippen molar-refractivity contribution in [3.63, 3.8) is 0 Å². The lowest BCUT2D eigenvalue weighted by atomic mass is 10.1. The number of hydrogen-bond acceptors (Lipinski definition) is 7. The second kappa shape index (κ2) is 12.0. The molecule has 4 aromatic carbocycles. The quantitative estimate of drug-likeness (QED) is 0.184. The van der Waals surface area contributed by atoms with Gasteiger partial charge in [0.1, 0.15) is 12.4 Å². The summed E-state index contributed by atoms with van der Waals surface area (Å²) in [6.07, 6.45) is -0.861. The van der Waals surface area contributed by atoms with E-state index in [4.69, 9.17) is 26.1 Å². The van der Waals surface area contributed by atoms with Crippen LogP contribution in [0, 0.1) is 0 Å². The molecule has 0 saturated heterocycles. The summed E-state index contributed by atoms with van der Waals surface area (Å²) in [6, 6.07) is 32.7. The van der Waals surface area contributed by atoms with E-state index < -0.39 is 6.23 Å². The van der Waals surface area contributed by atoms with E-state index in [-0.39, 0.29) is 11.8 Å². The zero-order valence-corrected chi connectivity index (χ0v) is 23.7. The zero-order valence-electron chi connectivity index (χ0n) is 22.1. The van der Waals surface area contributed by atoms with Gasteiger partial charge in [-0.15, -0.1) is 10.2 Å². The molecule has 1 aliphatic rings. The highest BCUT2D eigenvalue weighted by Crippen LogP contribution is 2.45. The van der Waals surface area contributed by atoms with Crippen molar-refractivity contribution in [3.8, 4) is 22.9 Å². The van der Waals surface area contributed by atoms with Crippen LogP contribution in [0.4, 0.5) is 5.69 Å². The number of aromatic nitrogens is 3. The maximum Gasteiger partial charge on any atom is 0.247 e. The Labute approximate surface area is 247 Å². The molecule has 5 aromatic rings.